The minimum absolute atomic E-state index is 0.101. The molecule has 1 aliphatic carbocycles. The Hall–Kier alpha value is -1.63. The Kier molecular flexibility index (Phi) is 7.43. The summed E-state index contributed by atoms with van der Waals surface area (Å²) >= 11 is 0. The van der Waals surface area contributed by atoms with E-state index in [-0.39, 0.29) is 11.6 Å². The standard InChI is InChI=1S/C19H30FN3O2S/c1-14-4-6-15(7-5-14)11-22-19(21-2)23-12-17-10-18(20)9-8-16(17)13-26(3,24)25/h8-10,14-15H,4-7,11-13H2,1-3H3,(H2,21,22,23). The van der Waals surface area contributed by atoms with E-state index < -0.39 is 9.84 Å². The van der Waals surface area contributed by atoms with Gasteiger partial charge in [0.2, 0.25) is 0 Å². The van der Waals surface area contributed by atoms with E-state index in [1.54, 1.807) is 7.05 Å². The van der Waals surface area contributed by atoms with Gasteiger partial charge in [-0.2, -0.15) is 0 Å². The summed E-state index contributed by atoms with van der Waals surface area (Å²) in [5.41, 5.74) is 1.24. The molecule has 2 rings (SSSR count). The van der Waals surface area contributed by atoms with Crippen molar-refractivity contribution in [3.8, 4) is 0 Å². The lowest BCUT2D eigenvalue weighted by atomic mass is 9.83. The molecular formula is C19H30FN3O2S. The van der Waals surface area contributed by atoms with Gasteiger partial charge in [-0.1, -0.05) is 25.8 Å². The highest BCUT2D eigenvalue weighted by Crippen LogP contribution is 2.27. The minimum atomic E-state index is -3.18. The van der Waals surface area contributed by atoms with Crippen molar-refractivity contribution in [3.05, 3.63) is 35.1 Å². The molecule has 1 fully saturated rings. The Morgan fingerprint density at radius 2 is 1.88 bits per heavy atom. The molecular weight excluding hydrogens is 353 g/mol. The van der Waals surface area contributed by atoms with Crippen molar-refractivity contribution in [2.24, 2.45) is 16.8 Å². The number of hydrogen-bond donors (Lipinski definition) is 2. The Morgan fingerprint density at radius 1 is 1.19 bits per heavy atom. The Balaban J connectivity index is 1.92. The molecule has 1 saturated carbocycles. The maximum Gasteiger partial charge on any atom is 0.191 e. The molecule has 0 aliphatic heterocycles. The summed E-state index contributed by atoms with van der Waals surface area (Å²) in [5, 5.41) is 6.50. The summed E-state index contributed by atoms with van der Waals surface area (Å²) in [7, 11) is -1.49. The van der Waals surface area contributed by atoms with Gasteiger partial charge >= 0.3 is 0 Å². The van der Waals surface area contributed by atoms with Gasteiger partial charge in [0.25, 0.3) is 0 Å². The molecule has 0 saturated heterocycles. The van der Waals surface area contributed by atoms with Crippen LogP contribution in [0.1, 0.15) is 43.7 Å². The first kappa shape index (κ1) is 20.7. The number of nitrogens with one attached hydrogen (secondary N) is 2. The number of benzene rings is 1. The first-order valence-electron chi connectivity index (χ1n) is 9.16. The zero-order valence-corrected chi connectivity index (χ0v) is 16.7. The monoisotopic (exact) mass is 383 g/mol. The number of hydrogen-bond acceptors (Lipinski definition) is 3. The number of halogens is 1. The van der Waals surface area contributed by atoms with Crippen LogP contribution < -0.4 is 10.6 Å². The van der Waals surface area contributed by atoms with Crippen LogP contribution in [0.5, 0.6) is 0 Å². The molecule has 1 aliphatic rings. The van der Waals surface area contributed by atoms with E-state index in [2.05, 4.69) is 22.5 Å². The van der Waals surface area contributed by atoms with Gasteiger partial charge in [-0.25, -0.2) is 12.8 Å². The van der Waals surface area contributed by atoms with Gasteiger partial charge in [-0.15, -0.1) is 0 Å². The van der Waals surface area contributed by atoms with Gasteiger partial charge in [0.05, 0.1) is 5.75 Å². The summed E-state index contributed by atoms with van der Waals surface area (Å²) in [6, 6.07) is 4.21. The molecule has 0 radical (unpaired) electrons. The molecule has 0 unspecified atom stereocenters. The highest BCUT2D eigenvalue weighted by Gasteiger charge is 2.18. The van der Waals surface area contributed by atoms with Crippen molar-refractivity contribution in [1.29, 1.82) is 0 Å². The van der Waals surface area contributed by atoms with E-state index in [9.17, 15) is 12.8 Å². The fourth-order valence-corrected chi connectivity index (χ4v) is 4.20. The SMILES string of the molecule is CN=C(NCc1cc(F)ccc1CS(C)(=O)=O)NCC1CCC(C)CC1. The Bertz CT molecular complexity index is 726. The topological polar surface area (TPSA) is 70.6 Å². The van der Waals surface area contributed by atoms with Crippen LogP contribution in [0.15, 0.2) is 23.2 Å². The van der Waals surface area contributed by atoms with Crippen molar-refractivity contribution < 1.29 is 12.8 Å². The third-order valence-corrected chi connectivity index (χ3v) is 5.78. The maximum atomic E-state index is 13.6. The van der Waals surface area contributed by atoms with Crippen LogP contribution in [-0.4, -0.2) is 34.2 Å². The highest BCUT2D eigenvalue weighted by molar-refractivity contribution is 7.89. The van der Waals surface area contributed by atoms with Crippen LogP contribution in [0.25, 0.3) is 0 Å². The number of nitrogens with zero attached hydrogens (tertiary/aromatic N) is 1. The molecule has 5 nitrogen and oxygen atoms in total. The predicted octanol–water partition coefficient (Wildman–Crippen LogP) is 2.86. The molecule has 0 aromatic heterocycles. The van der Waals surface area contributed by atoms with Gasteiger partial charge < -0.3 is 10.6 Å². The average molecular weight is 384 g/mol. The maximum absolute atomic E-state index is 13.6. The fraction of sp³-hybridized carbons (Fsp3) is 0.632. The number of sulfone groups is 1. The van der Waals surface area contributed by atoms with E-state index in [0.717, 1.165) is 12.5 Å². The molecule has 1 aromatic carbocycles. The smallest absolute Gasteiger partial charge is 0.191 e. The molecule has 7 heteroatoms. The van der Waals surface area contributed by atoms with E-state index in [0.29, 0.717) is 29.5 Å². The second kappa shape index (κ2) is 9.35. The first-order chi connectivity index (χ1) is 12.3. The second-order valence-electron chi connectivity index (χ2n) is 7.42. The molecule has 1 aromatic rings. The van der Waals surface area contributed by atoms with Gasteiger partial charge in [-0.05, 0) is 47.9 Å². The number of guanidine groups is 1. The van der Waals surface area contributed by atoms with Crippen molar-refractivity contribution in [1.82, 2.24) is 10.6 Å². The number of aliphatic imine (C=N–C) groups is 1. The van der Waals surface area contributed by atoms with Crippen LogP contribution in [-0.2, 0) is 22.1 Å². The lowest BCUT2D eigenvalue weighted by Crippen LogP contribution is -2.40. The summed E-state index contributed by atoms with van der Waals surface area (Å²) in [6.07, 6.45) is 6.19. The third-order valence-electron chi connectivity index (χ3n) is 4.95. The Labute approximate surface area is 156 Å². The lowest BCUT2D eigenvalue weighted by molar-refractivity contribution is 0.289. The van der Waals surface area contributed by atoms with Crippen LogP contribution in [0.3, 0.4) is 0 Å². The summed E-state index contributed by atoms with van der Waals surface area (Å²) < 4.78 is 36.8. The second-order valence-corrected chi connectivity index (χ2v) is 9.56. The van der Waals surface area contributed by atoms with Crippen molar-refractivity contribution in [3.63, 3.8) is 0 Å². The van der Waals surface area contributed by atoms with Gasteiger partial charge in [0.15, 0.2) is 15.8 Å². The molecule has 0 atom stereocenters. The minimum Gasteiger partial charge on any atom is -0.356 e. The summed E-state index contributed by atoms with van der Waals surface area (Å²) in [4.78, 5) is 4.21. The molecule has 0 spiro atoms. The van der Waals surface area contributed by atoms with E-state index >= 15 is 0 Å². The fourth-order valence-electron chi connectivity index (χ4n) is 3.36. The molecule has 0 heterocycles. The predicted molar refractivity (Wildman–Crippen MR) is 104 cm³/mol. The van der Waals surface area contributed by atoms with E-state index in [1.165, 1.54) is 50.1 Å². The van der Waals surface area contributed by atoms with Gasteiger partial charge in [0, 0.05) is 26.4 Å². The van der Waals surface area contributed by atoms with Crippen molar-refractivity contribution in [2.45, 2.75) is 44.9 Å². The van der Waals surface area contributed by atoms with Gasteiger partial charge in [0.1, 0.15) is 5.82 Å². The highest BCUT2D eigenvalue weighted by atomic mass is 32.2. The zero-order chi connectivity index (χ0) is 19.2. The summed E-state index contributed by atoms with van der Waals surface area (Å²) in [5.74, 6) is 1.65. The van der Waals surface area contributed by atoms with Crippen LogP contribution >= 0.6 is 0 Å². The van der Waals surface area contributed by atoms with Crippen molar-refractivity contribution in [2.75, 3.05) is 19.8 Å². The number of rotatable bonds is 6. The normalized spacial score (nSPS) is 21.5. The molecule has 146 valence electrons. The van der Waals surface area contributed by atoms with E-state index in [4.69, 9.17) is 0 Å². The van der Waals surface area contributed by atoms with Gasteiger partial charge in [-0.3, -0.25) is 4.99 Å². The Morgan fingerprint density at radius 3 is 2.50 bits per heavy atom. The largest absolute Gasteiger partial charge is 0.356 e. The van der Waals surface area contributed by atoms with Crippen LogP contribution in [0.4, 0.5) is 4.39 Å². The quantitative estimate of drug-likeness (QED) is 0.585. The molecule has 2 N–H and O–H groups in total. The average Bonchev–Trinajstić information content (AvgIpc) is 2.57. The van der Waals surface area contributed by atoms with Crippen LogP contribution in [0.2, 0.25) is 0 Å². The van der Waals surface area contributed by atoms with E-state index in [1.807, 2.05) is 0 Å². The third kappa shape index (κ3) is 6.94. The summed E-state index contributed by atoms with van der Waals surface area (Å²) in [6.45, 7) is 3.49. The van der Waals surface area contributed by atoms with Crippen molar-refractivity contribution >= 4 is 15.8 Å². The van der Waals surface area contributed by atoms with Crippen LogP contribution in [0, 0.1) is 17.7 Å². The lowest BCUT2D eigenvalue weighted by Gasteiger charge is -2.26. The first-order valence-corrected chi connectivity index (χ1v) is 11.2. The molecule has 26 heavy (non-hydrogen) atoms. The molecule has 0 amide bonds. The molecule has 0 bridgehead atoms. The zero-order valence-electron chi connectivity index (χ0n) is 15.9.